The standard InChI is InChI=1S/C64H104O6/c1-4-7-10-13-16-19-22-25-28-30-32-34-36-39-42-45-48-51-54-57-63(66)69-60-61(59-68-62(65)56-53-50-47-44-41-38-35-27-24-21-18-15-12-9-6-3)70-64(67)58-55-52-49-46-43-40-37-33-31-29-26-23-20-17-14-11-8-5-2/h7,10-11,14,16-17,19-20,23,25-26,28-29,31-34,37,39,42,61H,4-6,8-9,12-13,15,18,21-22,24,27,30,35-36,38,40-41,43-60H2,1-3H3/b10-7-,14-11-,19-16-,20-17-,26-23-,28-25-,31-29-,34-32-,37-33-,42-39-. The van der Waals surface area contributed by atoms with Crippen molar-refractivity contribution in [2.24, 2.45) is 0 Å². The average molecular weight is 970 g/mol. The van der Waals surface area contributed by atoms with Crippen molar-refractivity contribution >= 4 is 17.9 Å². The molecule has 0 aliphatic rings. The van der Waals surface area contributed by atoms with Crippen molar-refractivity contribution in [3.05, 3.63) is 122 Å². The fraction of sp³-hybridized carbons (Fsp3) is 0.641. The molecule has 0 saturated carbocycles. The van der Waals surface area contributed by atoms with E-state index in [4.69, 9.17) is 14.2 Å². The Morgan fingerprint density at radius 3 is 1.07 bits per heavy atom. The summed E-state index contributed by atoms with van der Waals surface area (Å²) < 4.78 is 16.8. The van der Waals surface area contributed by atoms with Crippen LogP contribution in [0.25, 0.3) is 0 Å². The minimum atomic E-state index is -0.808. The van der Waals surface area contributed by atoms with Crippen molar-refractivity contribution < 1.29 is 28.6 Å². The molecule has 0 fully saturated rings. The van der Waals surface area contributed by atoms with Gasteiger partial charge in [-0.3, -0.25) is 14.4 Å². The predicted molar refractivity (Wildman–Crippen MR) is 302 cm³/mol. The molecule has 0 amide bonds. The van der Waals surface area contributed by atoms with Gasteiger partial charge in [-0.2, -0.15) is 0 Å². The molecule has 70 heavy (non-hydrogen) atoms. The predicted octanol–water partition coefficient (Wildman–Crippen LogP) is 19.3. The number of allylic oxidation sites excluding steroid dienone is 20. The van der Waals surface area contributed by atoms with Crippen LogP contribution in [0.3, 0.4) is 0 Å². The van der Waals surface area contributed by atoms with Gasteiger partial charge < -0.3 is 14.2 Å². The zero-order chi connectivity index (χ0) is 50.7. The van der Waals surface area contributed by atoms with E-state index in [0.717, 1.165) is 122 Å². The Labute approximate surface area is 431 Å². The Morgan fingerprint density at radius 2 is 0.643 bits per heavy atom. The minimum absolute atomic E-state index is 0.101. The summed E-state index contributed by atoms with van der Waals surface area (Å²) in [5.74, 6) is -0.959. The Hall–Kier alpha value is -4.19. The Balaban J connectivity index is 4.52. The largest absolute Gasteiger partial charge is 0.462 e. The Morgan fingerprint density at radius 1 is 0.314 bits per heavy atom. The summed E-state index contributed by atoms with van der Waals surface area (Å²) in [5.41, 5.74) is 0. The lowest BCUT2D eigenvalue weighted by atomic mass is 10.0. The van der Waals surface area contributed by atoms with Crippen molar-refractivity contribution in [1.82, 2.24) is 0 Å². The average Bonchev–Trinajstić information content (AvgIpc) is 3.36. The smallest absolute Gasteiger partial charge is 0.306 e. The number of esters is 3. The van der Waals surface area contributed by atoms with Gasteiger partial charge in [-0.25, -0.2) is 0 Å². The molecule has 0 aromatic rings. The van der Waals surface area contributed by atoms with Gasteiger partial charge in [0.25, 0.3) is 0 Å². The van der Waals surface area contributed by atoms with Gasteiger partial charge in [-0.15, -0.1) is 0 Å². The van der Waals surface area contributed by atoms with Crippen molar-refractivity contribution in [2.45, 2.75) is 252 Å². The molecular formula is C64H104O6. The monoisotopic (exact) mass is 969 g/mol. The van der Waals surface area contributed by atoms with E-state index in [-0.39, 0.29) is 37.5 Å². The Bertz CT molecular complexity index is 1490. The zero-order valence-corrected chi connectivity index (χ0v) is 45.2. The first-order valence-electron chi connectivity index (χ1n) is 28.6. The molecule has 0 aromatic carbocycles. The second-order valence-electron chi connectivity index (χ2n) is 18.6. The molecule has 1 unspecified atom stereocenters. The number of carbonyl (C=O) groups excluding carboxylic acids is 3. The van der Waals surface area contributed by atoms with E-state index in [1.165, 1.54) is 83.5 Å². The van der Waals surface area contributed by atoms with Gasteiger partial charge in [0.05, 0.1) is 0 Å². The number of rotatable bonds is 50. The van der Waals surface area contributed by atoms with Crippen LogP contribution >= 0.6 is 0 Å². The SMILES string of the molecule is CC/C=C\C/C=C\C/C=C\C/C=C\C/C=C\CCCCCC(=O)OCC(COC(=O)CCCCCCCCCCCCCCCCC)OC(=O)CCCCCCC\C=C/C=C\C=C/C=C\C=C/CCC. The number of carbonyl (C=O) groups is 3. The van der Waals surface area contributed by atoms with E-state index in [9.17, 15) is 14.4 Å². The van der Waals surface area contributed by atoms with Crippen LogP contribution in [-0.2, 0) is 28.6 Å². The fourth-order valence-corrected chi connectivity index (χ4v) is 7.56. The summed E-state index contributed by atoms with van der Waals surface area (Å²) in [6.07, 6.45) is 78.9. The molecule has 0 N–H and O–H groups in total. The van der Waals surface area contributed by atoms with Crippen LogP contribution in [-0.4, -0.2) is 37.2 Å². The summed E-state index contributed by atoms with van der Waals surface area (Å²) in [4.78, 5) is 38.2. The molecule has 0 bridgehead atoms. The molecule has 0 saturated heterocycles. The van der Waals surface area contributed by atoms with Crippen LogP contribution in [0, 0.1) is 0 Å². The molecule has 6 heteroatoms. The van der Waals surface area contributed by atoms with Crippen LogP contribution in [0.1, 0.15) is 245 Å². The molecule has 0 aliphatic carbocycles. The molecule has 0 spiro atoms. The molecule has 6 nitrogen and oxygen atoms in total. The van der Waals surface area contributed by atoms with Crippen LogP contribution in [0.4, 0.5) is 0 Å². The van der Waals surface area contributed by atoms with Gasteiger partial charge in [0.2, 0.25) is 0 Å². The summed E-state index contributed by atoms with van der Waals surface area (Å²) in [7, 11) is 0. The van der Waals surface area contributed by atoms with Gasteiger partial charge >= 0.3 is 17.9 Å². The van der Waals surface area contributed by atoms with Crippen LogP contribution < -0.4 is 0 Å². The maximum Gasteiger partial charge on any atom is 0.306 e. The van der Waals surface area contributed by atoms with Gasteiger partial charge in [-0.1, -0.05) is 264 Å². The zero-order valence-electron chi connectivity index (χ0n) is 45.2. The maximum absolute atomic E-state index is 12.9. The number of unbranched alkanes of at least 4 members (excludes halogenated alkanes) is 23. The van der Waals surface area contributed by atoms with E-state index in [2.05, 4.69) is 118 Å². The number of hydrogen-bond donors (Lipinski definition) is 0. The Kier molecular flexibility index (Phi) is 54.0. The molecule has 0 heterocycles. The number of hydrogen-bond acceptors (Lipinski definition) is 6. The lowest BCUT2D eigenvalue weighted by Crippen LogP contribution is -2.30. The van der Waals surface area contributed by atoms with Crippen molar-refractivity contribution in [3.8, 4) is 0 Å². The van der Waals surface area contributed by atoms with Crippen LogP contribution in [0.2, 0.25) is 0 Å². The van der Waals surface area contributed by atoms with E-state index < -0.39 is 6.10 Å². The van der Waals surface area contributed by atoms with Gasteiger partial charge in [0.1, 0.15) is 13.2 Å². The second-order valence-corrected chi connectivity index (χ2v) is 18.6. The van der Waals surface area contributed by atoms with Gasteiger partial charge in [-0.05, 0) is 83.5 Å². The highest BCUT2D eigenvalue weighted by Crippen LogP contribution is 2.15. The first-order valence-corrected chi connectivity index (χ1v) is 28.6. The second kappa shape index (κ2) is 57.4. The molecule has 0 radical (unpaired) electrons. The normalized spacial score (nSPS) is 13.0. The topological polar surface area (TPSA) is 78.9 Å². The highest BCUT2D eigenvalue weighted by atomic mass is 16.6. The molecule has 1 atom stereocenters. The third kappa shape index (κ3) is 54.7. The lowest BCUT2D eigenvalue weighted by Gasteiger charge is -2.18. The molecule has 0 aromatic heterocycles. The summed E-state index contributed by atoms with van der Waals surface area (Å²) in [6, 6.07) is 0. The first-order chi connectivity index (χ1) is 34.5. The van der Waals surface area contributed by atoms with Gasteiger partial charge in [0.15, 0.2) is 6.10 Å². The van der Waals surface area contributed by atoms with Crippen molar-refractivity contribution in [3.63, 3.8) is 0 Å². The van der Waals surface area contributed by atoms with E-state index >= 15 is 0 Å². The van der Waals surface area contributed by atoms with Gasteiger partial charge in [0, 0.05) is 19.3 Å². The first kappa shape index (κ1) is 65.8. The molecule has 396 valence electrons. The third-order valence-corrected chi connectivity index (χ3v) is 11.8. The van der Waals surface area contributed by atoms with Crippen molar-refractivity contribution in [2.75, 3.05) is 13.2 Å². The highest BCUT2D eigenvalue weighted by molar-refractivity contribution is 5.71. The lowest BCUT2D eigenvalue weighted by molar-refractivity contribution is -0.167. The van der Waals surface area contributed by atoms with E-state index in [0.29, 0.717) is 12.8 Å². The summed E-state index contributed by atoms with van der Waals surface area (Å²) in [5, 5.41) is 0. The minimum Gasteiger partial charge on any atom is -0.462 e. The summed E-state index contributed by atoms with van der Waals surface area (Å²) >= 11 is 0. The third-order valence-electron chi connectivity index (χ3n) is 11.8. The number of ether oxygens (including phenoxy) is 3. The molecule has 0 rings (SSSR count). The summed E-state index contributed by atoms with van der Waals surface area (Å²) in [6.45, 7) is 6.39. The van der Waals surface area contributed by atoms with Crippen molar-refractivity contribution in [1.29, 1.82) is 0 Å². The van der Waals surface area contributed by atoms with E-state index in [1.54, 1.807) is 0 Å². The van der Waals surface area contributed by atoms with Crippen LogP contribution in [0.5, 0.6) is 0 Å². The highest BCUT2D eigenvalue weighted by Gasteiger charge is 2.19. The maximum atomic E-state index is 12.9. The molecule has 0 aliphatic heterocycles. The van der Waals surface area contributed by atoms with E-state index in [1.807, 2.05) is 24.3 Å². The van der Waals surface area contributed by atoms with Crippen LogP contribution in [0.15, 0.2) is 122 Å². The fourth-order valence-electron chi connectivity index (χ4n) is 7.56. The molecular weight excluding hydrogens is 865 g/mol. The quantitative estimate of drug-likeness (QED) is 0.0199.